The Morgan fingerprint density at radius 2 is 2.29 bits per heavy atom. The summed E-state index contributed by atoms with van der Waals surface area (Å²) in [7, 11) is 1.53. The molecular weight excluding hydrogens is 314 g/mol. The predicted octanol–water partition coefficient (Wildman–Crippen LogP) is 1.52. The number of hydrogen-bond donors (Lipinski definition) is 1. The van der Waals surface area contributed by atoms with Crippen LogP contribution in [-0.2, 0) is 13.5 Å². The third-order valence-corrected chi connectivity index (χ3v) is 3.84. The van der Waals surface area contributed by atoms with E-state index in [2.05, 4.69) is 4.98 Å². The number of carbonyl (C=O) groups excluding carboxylic acids is 1. The lowest BCUT2D eigenvalue weighted by Crippen LogP contribution is -2.02. The lowest BCUT2D eigenvalue weighted by Gasteiger charge is -2.05. The molecule has 2 aromatic rings. The number of benzene rings is 1. The molecule has 0 spiro atoms. The fourth-order valence-corrected chi connectivity index (χ4v) is 2.64. The number of imidazole rings is 1. The molecule has 0 aliphatic heterocycles. The minimum Gasteiger partial charge on any atom is -0.491 e. The molecule has 1 N–H and O–H groups in total. The molecule has 1 aromatic heterocycles. The molecule has 0 atom stereocenters. The molecule has 0 saturated carbocycles. The molecule has 8 nitrogen and oxygen atoms in total. The normalized spacial score (nSPS) is 14.9. The van der Waals surface area contributed by atoms with Gasteiger partial charge in [-0.1, -0.05) is 0 Å². The zero-order chi connectivity index (χ0) is 17.3. The highest BCUT2D eigenvalue weighted by Gasteiger charge is 2.26. The van der Waals surface area contributed by atoms with E-state index in [4.69, 9.17) is 9.84 Å². The van der Waals surface area contributed by atoms with Gasteiger partial charge in [-0.15, -0.1) is 0 Å². The van der Waals surface area contributed by atoms with Crippen LogP contribution in [0.5, 0.6) is 5.75 Å². The van der Waals surface area contributed by atoms with Crippen LogP contribution in [0.2, 0.25) is 0 Å². The number of aliphatic hydroxyl groups excluding tert-OH is 1. The third kappa shape index (κ3) is 2.79. The molecule has 0 radical (unpaired) electrons. The number of aromatic nitrogens is 2. The van der Waals surface area contributed by atoms with Gasteiger partial charge in [-0.05, 0) is 28.7 Å². The van der Waals surface area contributed by atoms with E-state index in [0.29, 0.717) is 29.1 Å². The van der Waals surface area contributed by atoms with Gasteiger partial charge in [0.15, 0.2) is 5.78 Å². The molecule has 1 heterocycles. The summed E-state index contributed by atoms with van der Waals surface area (Å²) < 4.78 is 6.68. The summed E-state index contributed by atoms with van der Waals surface area (Å²) in [4.78, 5) is 26.8. The van der Waals surface area contributed by atoms with Gasteiger partial charge in [-0.3, -0.25) is 4.79 Å². The van der Waals surface area contributed by atoms with E-state index in [1.54, 1.807) is 24.3 Å². The first kappa shape index (κ1) is 15.9. The van der Waals surface area contributed by atoms with Crippen LogP contribution in [0.4, 0.5) is 5.82 Å². The van der Waals surface area contributed by atoms with Crippen LogP contribution in [-0.4, -0.2) is 38.6 Å². The van der Waals surface area contributed by atoms with Gasteiger partial charge in [0.1, 0.15) is 18.6 Å². The molecule has 0 bridgehead atoms. The Hall–Kier alpha value is -3.00. The smallest absolute Gasteiger partial charge is 0.342 e. The number of fused-ring (bicyclic) bond motifs is 1. The Morgan fingerprint density at radius 1 is 1.50 bits per heavy atom. The van der Waals surface area contributed by atoms with E-state index in [9.17, 15) is 14.9 Å². The summed E-state index contributed by atoms with van der Waals surface area (Å²) in [5.74, 6) is 0.688. The van der Waals surface area contributed by atoms with Gasteiger partial charge in [0.25, 0.3) is 0 Å². The largest absolute Gasteiger partial charge is 0.491 e. The second kappa shape index (κ2) is 6.25. The van der Waals surface area contributed by atoms with Crippen LogP contribution in [0.25, 0.3) is 6.08 Å². The van der Waals surface area contributed by atoms with E-state index in [-0.39, 0.29) is 24.8 Å². The van der Waals surface area contributed by atoms with E-state index in [0.717, 1.165) is 5.56 Å². The Labute approximate surface area is 137 Å². The molecule has 0 fully saturated rings. The van der Waals surface area contributed by atoms with Gasteiger partial charge in [0.05, 0.1) is 13.7 Å². The number of allylic oxidation sites excluding steroid dienone is 1. The van der Waals surface area contributed by atoms with Crippen molar-refractivity contribution in [1.29, 1.82) is 0 Å². The average Bonchev–Trinajstić information content (AvgIpc) is 3.07. The monoisotopic (exact) mass is 329 g/mol. The van der Waals surface area contributed by atoms with Crippen LogP contribution < -0.4 is 4.74 Å². The highest BCUT2D eigenvalue weighted by molar-refractivity contribution is 6.15. The van der Waals surface area contributed by atoms with Gasteiger partial charge in [-0.25, -0.2) is 9.55 Å². The number of Topliss-reactive ketones (excluding diaryl/α,β-unsaturated/α-hetero) is 1. The first-order valence-electron chi connectivity index (χ1n) is 7.29. The minimum atomic E-state index is -0.523. The number of carbonyl (C=O) groups is 1. The quantitative estimate of drug-likeness (QED) is 0.506. The Bertz CT molecular complexity index is 853. The zero-order valence-electron chi connectivity index (χ0n) is 12.9. The maximum atomic E-state index is 12.5. The van der Waals surface area contributed by atoms with Crippen LogP contribution in [0.1, 0.15) is 21.7 Å². The van der Waals surface area contributed by atoms with Gasteiger partial charge in [-0.2, -0.15) is 0 Å². The molecule has 0 amide bonds. The fourth-order valence-electron chi connectivity index (χ4n) is 2.64. The molecular formula is C16H15N3O5. The van der Waals surface area contributed by atoms with Crippen molar-refractivity contribution < 1.29 is 19.6 Å². The number of rotatable bonds is 5. The van der Waals surface area contributed by atoms with E-state index in [1.807, 2.05) is 0 Å². The van der Waals surface area contributed by atoms with Crippen molar-refractivity contribution in [2.75, 3.05) is 13.2 Å². The molecule has 8 heteroatoms. The van der Waals surface area contributed by atoms with Crippen molar-refractivity contribution in [2.45, 2.75) is 6.42 Å². The molecule has 1 aliphatic carbocycles. The van der Waals surface area contributed by atoms with Crippen LogP contribution >= 0.6 is 0 Å². The summed E-state index contributed by atoms with van der Waals surface area (Å²) in [5, 5.41) is 19.7. The second-order valence-corrected chi connectivity index (χ2v) is 5.36. The standard InChI is InChI=1S/C16H15N3O5/c1-18-14(17-9-15(18)19(22)23)8-11-6-10-7-12(24-5-4-20)2-3-13(10)16(11)21/h2-3,7-9,20H,4-6H2,1H3. The average molecular weight is 329 g/mol. The van der Waals surface area contributed by atoms with E-state index in [1.165, 1.54) is 17.8 Å². The van der Waals surface area contributed by atoms with Gasteiger partial charge in [0.2, 0.25) is 5.82 Å². The second-order valence-electron chi connectivity index (χ2n) is 5.36. The molecule has 0 saturated heterocycles. The molecule has 0 unspecified atom stereocenters. The highest BCUT2D eigenvalue weighted by Crippen LogP contribution is 2.30. The van der Waals surface area contributed by atoms with Crippen molar-refractivity contribution in [3.63, 3.8) is 0 Å². The summed E-state index contributed by atoms with van der Waals surface area (Å²) in [6, 6.07) is 5.14. The van der Waals surface area contributed by atoms with E-state index < -0.39 is 4.92 Å². The number of hydrogen-bond acceptors (Lipinski definition) is 6. The maximum Gasteiger partial charge on any atom is 0.342 e. The predicted molar refractivity (Wildman–Crippen MR) is 84.9 cm³/mol. The first-order chi connectivity index (χ1) is 11.5. The molecule has 3 rings (SSSR count). The summed E-state index contributed by atoms with van der Waals surface area (Å²) >= 11 is 0. The number of aliphatic hydroxyl groups is 1. The molecule has 1 aromatic carbocycles. The van der Waals surface area contributed by atoms with Crippen molar-refractivity contribution in [3.8, 4) is 5.75 Å². The summed E-state index contributed by atoms with van der Waals surface area (Å²) in [6.07, 6.45) is 3.15. The SMILES string of the molecule is Cn1c([N+](=O)[O-])cnc1C=C1Cc2cc(OCCO)ccc2C1=O. The summed E-state index contributed by atoms with van der Waals surface area (Å²) in [5.41, 5.74) is 1.93. The van der Waals surface area contributed by atoms with Crippen molar-refractivity contribution in [2.24, 2.45) is 7.05 Å². The van der Waals surface area contributed by atoms with Crippen LogP contribution in [0.3, 0.4) is 0 Å². The number of nitro groups is 1. The number of ether oxygens (including phenoxy) is 1. The van der Waals surface area contributed by atoms with Crippen molar-refractivity contribution >= 4 is 17.7 Å². The molecule has 24 heavy (non-hydrogen) atoms. The maximum absolute atomic E-state index is 12.5. The lowest BCUT2D eigenvalue weighted by molar-refractivity contribution is -0.391. The summed E-state index contributed by atoms with van der Waals surface area (Å²) in [6.45, 7) is 0.103. The lowest BCUT2D eigenvalue weighted by atomic mass is 10.1. The number of nitrogens with zero attached hydrogens (tertiary/aromatic N) is 3. The fraction of sp³-hybridized carbons (Fsp3) is 0.250. The van der Waals surface area contributed by atoms with Crippen LogP contribution in [0, 0.1) is 10.1 Å². The Morgan fingerprint density at radius 3 is 2.96 bits per heavy atom. The topological polar surface area (TPSA) is 107 Å². The highest BCUT2D eigenvalue weighted by atomic mass is 16.6. The third-order valence-electron chi connectivity index (χ3n) is 3.84. The number of ketones is 1. The minimum absolute atomic E-state index is 0.0842. The van der Waals surface area contributed by atoms with Gasteiger partial charge in [0, 0.05) is 23.6 Å². The first-order valence-corrected chi connectivity index (χ1v) is 7.29. The zero-order valence-corrected chi connectivity index (χ0v) is 12.9. The van der Waals surface area contributed by atoms with E-state index >= 15 is 0 Å². The Balaban J connectivity index is 1.89. The van der Waals surface area contributed by atoms with Crippen molar-refractivity contribution in [1.82, 2.24) is 9.55 Å². The van der Waals surface area contributed by atoms with Gasteiger partial charge >= 0.3 is 5.82 Å². The molecule has 1 aliphatic rings. The van der Waals surface area contributed by atoms with Crippen molar-refractivity contribution in [3.05, 3.63) is 57.0 Å². The molecule has 124 valence electrons. The van der Waals surface area contributed by atoms with Crippen LogP contribution in [0.15, 0.2) is 30.0 Å². The Kier molecular flexibility index (Phi) is 4.13. The van der Waals surface area contributed by atoms with Gasteiger partial charge < -0.3 is 20.0 Å².